The molecule has 0 bridgehead atoms. The highest BCUT2D eigenvalue weighted by atomic mass is 35.5. The Bertz CT molecular complexity index is 1250. The second-order valence-corrected chi connectivity index (χ2v) is 8.55. The van der Waals surface area contributed by atoms with E-state index in [1.54, 1.807) is 0 Å². The highest BCUT2D eigenvalue weighted by Gasteiger charge is 2.23. The van der Waals surface area contributed by atoms with Gasteiger partial charge in [0.2, 0.25) is 5.88 Å². The zero-order valence-corrected chi connectivity index (χ0v) is 18.8. The maximum absolute atomic E-state index is 10.0. The van der Waals surface area contributed by atoms with Gasteiger partial charge in [-0.1, -0.05) is 77.4 Å². The van der Waals surface area contributed by atoms with Crippen molar-refractivity contribution in [2.24, 2.45) is 0 Å². The van der Waals surface area contributed by atoms with E-state index in [0.29, 0.717) is 15.6 Å². The van der Waals surface area contributed by atoms with Crippen LogP contribution in [-0.4, -0.2) is 12.1 Å². The van der Waals surface area contributed by atoms with Crippen LogP contribution in [0, 0.1) is 11.3 Å². The molecular weight excluding hydrogens is 447 g/mol. The third-order valence-electron chi connectivity index (χ3n) is 4.64. The van der Waals surface area contributed by atoms with Crippen LogP contribution < -0.4 is 4.74 Å². The molecule has 0 atom stereocenters. The van der Waals surface area contributed by atoms with Crippen LogP contribution in [0.25, 0.3) is 22.4 Å². The van der Waals surface area contributed by atoms with Crippen LogP contribution in [0.4, 0.5) is 0 Å². The molecule has 6 heteroatoms. The Hall–Kier alpha value is -2.97. The van der Waals surface area contributed by atoms with E-state index in [1.807, 2.05) is 78.9 Å². The van der Waals surface area contributed by atoms with Crippen LogP contribution in [0.5, 0.6) is 5.88 Å². The van der Waals surface area contributed by atoms with Crippen molar-refractivity contribution in [3.05, 3.63) is 94.5 Å². The van der Waals surface area contributed by atoms with Gasteiger partial charge >= 0.3 is 0 Å². The molecule has 0 fully saturated rings. The molecule has 0 aliphatic heterocycles. The first-order chi connectivity index (χ1) is 15.1. The summed E-state index contributed by atoms with van der Waals surface area (Å²) in [6.45, 7) is 0. The number of nitriles is 1. The van der Waals surface area contributed by atoms with E-state index in [9.17, 15) is 5.26 Å². The van der Waals surface area contributed by atoms with E-state index in [0.717, 1.165) is 32.2 Å². The molecular formula is C25H16Cl2N2OS. The third-order valence-corrected chi connectivity index (χ3v) is 6.25. The van der Waals surface area contributed by atoms with Crippen molar-refractivity contribution in [3.63, 3.8) is 0 Å². The van der Waals surface area contributed by atoms with Gasteiger partial charge in [-0.05, 0) is 42.0 Å². The van der Waals surface area contributed by atoms with Gasteiger partial charge in [-0.3, -0.25) is 0 Å². The quantitative estimate of drug-likeness (QED) is 0.304. The summed E-state index contributed by atoms with van der Waals surface area (Å²) in [6.07, 6.45) is 0. The van der Waals surface area contributed by atoms with Gasteiger partial charge in [0, 0.05) is 31.0 Å². The molecule has 152 valence electrons. The predicted octanol–water partition coefficient (Wildman–Crippen LogP) is 7.75. The number of ether oxygens (including phenoxy) is 1. The summed E-state index contributed by atoms with van der Waals surface area (Å²) in [7, 11) is 1.52. The van der Waals surface area contributed by atoms with E-state index in [4.69, 9.17) is 32.9 Å². The normalized spacial score (nSPS) is 10.5. The zero-order valence-electron chi connectivity index (χ0n) is 16.5. The predicted molar refractivity (Wildman–Crippen MR) is 127 cm³/mol. The van der Waals surface area contributed by atoms with Gasteiger partial charge in [-0.25, -0.2) is 4.98 Å². The summed E-state index contributed by atoms with van der Waals surface area (Å²) in [5.41, 5.74) is 3.65. The van der Waals surface area contributed by atoms with Crippen molar-refractivity contribution in [1.82, 2.24) is 4.98 Å². The highest BCUT2D eigenvalue weighted by Crippen LogP contribution is 2.46. The number of halogens is 2. The maximum Gasteiger partial charge on any atom is 0.232 e. The molecule has 0 unspecified atom stereocenters. The smallest absolute Gasteiger partial charge is 0.232 e. The van der Waals surface area contributed by atoms with E-state index in [-0.39, 0.29) is 5.88 Å². The van der Waals surface area contributed by atoms with Crippen LogP contribution in [0.1, 0.15) is 5.56 Å². The number of rotatable bonds is 5. The van der Waals surface area contributed by atoms with E-state index >= 15 is 0 Å². The number of hydrogen-bond donors (Lipinski definition) is 0. The molecule has 1 heterocycles. The summed E-state index contributed by atoms with van der Waals surface area (Å²) >= 11 is 13.7. The fourth-order valence-corrected chi connectivity index (χ4v) is 4.54. The van der Waals surface area contributed by atoms with Crippen molar-refractivity contribution in [3.8, 4) is 34.3 Å². The van der Waals surface area contributed by atoms with Crippen LogP contribution >= 0.6 is 35.0 Å². The van der Waals surface area contributed by atoms with Gasteiger partial charge < -0.3 is 4.74 Å². The molecule has 0 saturated heterocycles. The molecule has 3 nitrogen and oxygen atoms in total. The van der Waals surface area contributed by atoms with Gasteiger partial charge in [0.25, 0.3) is 0 Å². The topological polar surface area (TPSA) is 45.9 Å². The molecule has 0 N–H and O–H groups in total. The molecule has 31 heavy (non-hydrogen) atoms. The number of hydrogen-bond acceptors (Lipinski definition) is 4. The van der Waals surface area contributed by atoms with Gasteiger partial charge in [0.15, 0.2) is 0 Å². The first kappa shape index (κ1) is 21.3. The second kappa shape index (κ2) is 9.45. The van der Waals surface area contributed by atoms with Gasteiger partial charge in [-0.2, -0.15) is 5.26 Å². The first-order valence-electron chi connectivity index (χ1n) is 9.37. The Morgan fingerprint density at radius 2 is 1.45 bits per heavy atom. The number of methoxy groups -OCH3 is 1. The monoisotopic (exact) mass is 462 g/mol. The lowest BCUT2D eigenvalue weighted by molar-refractivity contribution is 0.396. The lowest BCUT2D eigenvalue weighted by Gasteiger charge is -2.18. The average Bonchev–Trinajstić information content (AvgIpc) is 2.81. The third kappa shape index (κ3) is 4.55. The Morgan fingerprint density at radius 3 is 2.03 bits per heavy atom. The lowest BCUT2D eigenvalue weighted by atomic mass is 9.98. The highest BCUT2D eigenvalue weighted by molar-refractivity contribution is 7.99. The Kier molecular flexibility index (Phi) is 6.48. The Labute approximate surface area is 195 Å². The van der Waals surface area contributed by atoms with E-state index < -0.39 is 0 Å². The standard InChI is InChI=1S/C25H16Cl2N2OS/c1-30-25-21(15-28)22(16-7-9-18(26)10-8-16)24(31-20-13-11-19(27)12-14-20)23(29-25)17-5-3-2-4-6-17/h2-14H,1H3. The van der Waals surface area contributed by atoms with Crippen molar-refractivity contribution in [1.29, 1.82) is 5.26 Å². The molecule has 0 aliphatic rings. The Balaban J connectivity index is 2.05. The van der Waals surface area contributed by atoms with Crippen LogP contribution in [-0.2, 0) is 0 Å². The molecule has 0 amide bonds. The summed E-state index contributed by atoms with van der Waals surface area (Å²) in [5, 5.41) is 11.3. The van der Waals surface area contributed by atoms with Gasteiger partial charge in [0.1, 0.15) is 11.6 Å². The fourth-order valence-electron chi connectivity index (χ4n) is 3.20. The number of aromatic nitrogens is 1. The zero-order chi connectivity index (χ0) is 21.8. The maximum atomic E-state index is 10.0. The number of benzene rings is 3. The summed E-state index contributed by atoms with van der Waals surface area (Å²) in [4.78, 5) is 6.57. The summed E-state index contributed by atoms with van der Waals surface area (Å²) in [5.74, 6) is 0.284. The largest absolute Gasteiger partial charge is 0.480 e. The first-order valence-corrected chi connectivity index (χ1v) is 10.9. The number of pyridine rings is 1. The minimum absolute atomic E-state index is 0.284. The molecule has 3 aromatic carbocycles. The molecule has 1 aromatic heterocycles. The lowest BCUT2D eigenvalue weighted by Crippen LogP contribution is -2.01. The van der Waals surface area contributed by atoms with Gasteiger partial charge in [0.05, 0.1) is 12.8 Å². The fraction of sp³-hybridized carbons (Fsp3) is 0.0400. The molecule has 0 aliphatic carbocycles. The van der Waals surface area contributed by atoms with Crippen LogP contribution in [0.3, 0.4) is 0 Å². The van der Waals surface area contributed by atoms with E-state index in [1.165, 1.54) is 18.9 Å². The SMILES string of the molecule is COc1nc(-c2ccccc2)c(Sc2ccc(Cl)cc2)c(-c2ccc(Cl)cc2)c1C#N. The molecule has 4 aromatic rings. The molecule has 0 spiro atoms. The summed E-state index contributed by atoms with van der Waals surface area (Å²) < 4.78 is 5.52. The summed E-state index contributed by atoms with van der Waals surface area (Å²) in [6, 6.07) is 27.1. The van der Waals surface area contributed by atoms with Crippen molar-refractivity contribution in [2.45, 2.75) is 9.79 Å². The second-order valence-electron chi connectivity index (χ2n) is 6.59. The average molecular weight is 463 g/mol. The molecule has 0 radical (unpaired) electrons. The van der Waals surface area contributed by atoms with Crippen molar-refractivity contribution in [2.75, 3.05) is 7.11 Å². The van der Waals surface area contributed by atoms with Crippen molar-refractivity contribution >= 4 is 35.0 Å². The minimum Gasteiger partial charge on any atom is -0.480 e. The van der Waals surface area contributed by atoms with Crippen LogP contribution in [0.2, 0.25) is 10.0 Å². The molecule has 0 saturated carbocycles. The van der Waals surface area contributed by atoms with Gasteiger partial charge in [-0.15, -0.1) is 0 Å². The van der Waals surface area contributed by atoms with Crippen LogP contribution in [0.15, 0.2) is 88.7 Å². The van der Waals surface area contributed by atoms with Crippen molar-refractivity contribution < 1.29 is 4.74 Å². The number of nitrogens with zero attached hydrogens (tertiary/aromatic N) is 2. The van der Waals surface area contributed by atoms with E-state index in [2.05, 4.69) is 6.07 Å². The molecule has 4 rings (SSSR count). The Morgan fingerprint density at radius 1 is 0.839 bits per heavy atom. The minimum atomic E-state index is 0.284.